The Morgan fingerprint density at radius 3 is 2.15 bits per heavy atom. The highest BCUT2D eigenvalue weighted by molar-refractivity contribution is 7.92. The Labute approximate surface area is 288 Å². The molecule has 1 N–H and O–H groups in total. The summed E-state index contributed by atoms with van der Waals surface area (Å²) in [7, 11) is -4.20. The average molecular weight is 695 g/mol. The second-order valence-corrected chi connectivity index (χ2v) is 14.4. The maximum Gasteiger partial charge on any atom is 0.264 e. The highest BCUT2D eigenvalue weighted by atomic mass is 35.5. The van der Waals surface area contributed by atoms with Gasteiger partial charge < -0.3 is 10.2 Å². The number of hydrogen-bond donors (Lipinski definition) is 1. The van der Waals surface area contributed by atoms with Gasteiger partial charge in [0, 0.05) is 19.5 Å². The predicted molar refractivity (Wildman–Crippen MR) is 190 cm³/mol. The molecular formula is C37H41Cl2N3O4S. The third-order valence-corrected chi connectivity index (χ3v) is 10.5. The number of halogens is 2. The zero-order valence-corrected chi connectivity index (χ0v) is 29.5. The van der Waals surface area contributed by atoms with Crippen LogP contribution in [0.3, 0.4) is 0 Å². The van der Waals surface area contributed by atoms with Gasteiger partial charge in [0.15, 0.2) is 0 Å². The van der Waals surface area contributed by atoms with Crippen molar-refractivity contribution in [1.82, 2.24) is 10.2 Å². The summed E-state index contributed by atoms with van der Waals surface area (Å²) in [5, 5.41) is 3.66. The van der Waals surface area contributed by atoms with Crippen LogP contribution in [0.2, 0.25) is 10.0 Å². The summed E-state index contributed by atoms with van der Waals surface area (Å²) in [6.07, 6.45) is 1.89. The third kappa shape index (κ3) is 9.37. The Kier molecular flexibility index (Phi) is 12.5. The monoisotopic (exact) mass is 693 g/mol. The predicted octanol–water partition coefficient (Wildman–Crippen LogP) is 7.67. The Bertz CT molecular complexity index is 1800. The number of unbranched alkanes of at least 4 members (excludes halogenated alkanes) is 1. The van der Waals surface area contributed by atoms with Crippen molar-refractivity contribution in [2.45, 2.75) is 64.4 Å². The molecule has 2 amide bonds. The molecule has 0 saturated heterocycles. The molecule has 0 fully saturated rings. The molecule has 0 aliphatic carbocycles. The van der Waals surface area contributed by atoms with Gasteiger partial charge in [-0.15, -0.1) is 0 Å². The number of sulfonamides is 1. The van der Waals surface area contributed by atoms with Crippen molar-refractivity contribution in [2.24, 2.45) is 0 Å². The second kappa shape index (κ2) is 16.3. The van der Waals surface area contributed by atoms with Gasteiger partial charge in [0.2, 0.25) is 11.8 Å². The number of anilines is 1. The quantitative estimate of drug-likeness (QED) is 0.137. The van der Waals surface area contributed by atoms with Crippen LogP contribution in [0.25, 0.3) is 0 Å². The van der Waals surface area contributed by atoms with Crippen LogP contribution in [0.1, 0.15) is 47.6 Å². The Morgan fingerprint density at radius 2 is 1.49 bits per heavy atom. The highest BCUT2D eigenvalue weighted by Crippen LogP contribution is 2.30. The molecule has 0 spiro atoms. The van der Waals surface area contributed by atoms with E-state index in [0.717, 1.165) is 33.8 Å². The lowest BCUT2D eigenvalue weighted by molar-refractivity contribution is -0.140. The van der Waals surface area contributed by atoms with E-state index in [1.165, 1.54) is 4.90 Å². The van der Waals surface area contributed by atoms with E-state index in [9.17, 15) is 18.0 Å². The van der Waals surface area contributed by atoms with Crippen molar-refractivity contribution in [3.8, 4) is 0 Å². The van der Waals surface area contributed by atoms with E-state index in [1.807, 2.05) is 70.2 Å². The molecule has 0 heterocycles. The molecule has 0 aliphatic rings. The lowest BCUT2D eigenvalue weighted by atomic mass is 10.0. The normalized spacial score (nSPS) is 12.0. The zero-order valence-electron chi connectivity index (χ0n) is 27.2. The first kappa shape index (κ1) is 36.0. The number of carbonyl (C=O) groups is 2. The van der Waals surface area contributed by atoms with Crippen LogP contribution < -0.4 is 9.62 Å². The Morgan fingerprint density at radius 1 is 0.809 bits per heavy atom. The van der Waals surface area contributed by atoms with Crippen molar-refractivity contribution in [3.05, 3.63) is 129 Å². The minimum atomic E-state index is -4.20. The molecule has 7 nitrogen and oxygen atoms in total. The highest BCUT2D eigenvalue weighted by Gasteiger charge is 2.35. The van der Waals surface area contributed by atoms with Gasteiger partial charge in [0.1, 0.15) is 12.6 Å². The molecule has 0 aliphatic heterocycles. The summed E-state index contributed by atoms with van der Waals surface area (Å²) in [5.74, 6) is -0.866. The van der Waals surface area contributed by atoms with Crippen molar-refractivity contribution < 1.29 is 18.0 Å². The maximum atomic E-state index is 14.7. The molecular weight excluding hydrogens is 653 g/mol. The van der Waals surface area contributed by atoms with Crippen LogP contribution in [0.5, 0.6) is 0 Å². The summed E-state index contributed by atoms with van der Waals surface area (Å²) in [6.45, 7) is 7.50. The number of rotatable bonds is 14. The van der Waals surface area contributed by atoms with E-state index in [0.29, 0.717) is 33.4 Å². The van der Waals surface area contributed by atoms with Crippen molar-refractivity contribution in [1.29, 1.82) is 0 Å². The minimum absolute atomic E-state index is 0.000358. The molecule has 248 valence electrons. The Balaban J connectivity index is 1.83. The topological polar surface area (TPSA) is 86.8 Å². The fraction of sp³-hybridized carbons (Fsp3) is 0.297. The second-order valence-electron chi connectivity index (χ2n) is 11.7. The largest absolute Gasteiger partial charge is 0.354 e. The fourth-order valence-corrected chi connectivity index (χ4v) is 7.02. The van der Waals surface area contributed by atoms with Crippen LogP contribution >= 0.6 is 23.2 Å². The molecule has 4 aromatic carbocycles. The lowest BCUT2D eigenvalue weighted by Gasteiger charge is -2.34. The number of benzene rings is 4. The SMILES string of the molecule is CCCCNC(=O)C(Cc1ccccc1)N(Cc1ccc(Cl)c(Cl)c1)C(=O)CN(c1cc(C)ccc1C)S(=O)(=O)c1ccc(C)cc1. The number of nitrogens with zero attached hydrogens (tertiary/aromatic N) is 2. The molecule has 1 unspecified atom stereocenters. The van der Waals surface area contributed by atoms with Crippen LogP contribution in [0.4, 0.5) is 5.69 Å². The maximum absolute atomic E-state index is 14.7. The van der Waals surface area contributed by atoms with E-state index < -0.39 is 28.5 Å². The Hall–Kier alpha value is -3.85. The van der Waals surface area contributed by atoms with E-state index in [2.05, 4.69) is 5.32 Å². The first-order valence-electron chi connectivity index (χ1n) is 15.6. The third-order valence-electron chi connectivity index (χ3n) is 7.96. The van der Waals surface area contributed by atoms with E-state index in [4.69, 9.17) is 23.2 Å². The molecule has 0 aromatic heterocycles. The molecule has 1 atom stereocenters. The number of hydrogen-bond acceptors (Lipinski definition) is 4. The van der Waals surface area contributed by atoms with Crippen LogP contribution in [-0.4, -0.2) is 44.3 Å². The number of aryl methyl sites for hydroxylation is 3. The standard InChI is InChI=1S/C37H41Cl2N3O4S/c1-5-6-20-40-37(44)35(23-29-10-8-7-9-11-29)41(24-30-16-19-32(38)33(39)22-30)36(43)25-42(34-21-27(3)12-15-28(34)4)47(45,46)31-17-13-26(2)14-18-31/h7-19,21-22,35H,5-6,20,23-25H2,1-4H3,(H,40,44). The van der Waals surface area contributed by atoms with Crippen molar-refractivity contribution in [3.63, 3.8) is 0 Å². The van der Waals surface area contributed by atoms with Crippen molar-refractivity contribution >= 4 is 50.7 Å². The summed E-state index contributed by atoms with van der Waals surface area (Å²) >= 11 is 12.6. The zero-order chi connectivity index (χ0) is 34.1. The number of amides is 2. The first-order valence-corrected chi connectivity index (χ1v) is 17.8. The van der Waals surface area contributed by atoms with Gasteiger partial charge >= 0.3 is 0 Å². The molecule has 4 rings (SSSR count). The van der Waals surface area contributed by atoms with Gasteiger partial charge in [-0.1, -0.05) is 103 Å². The van der Waals surface area contributed by atoms with Crippen LogP contribution in [-0.2, 0) is 32.6 Å². The lowest BCUT2D eigenvalue weighted by Crippen LogP contribution is -2.53. The van der Waals surface area contributed by atoms with Gasteiger partial charge in [-0.05, 0) is 79.8 Å². The smallest absolute Gasteiger partial charge is 0.264 e. The van der Waals surface area contributed by atoms with Gasteiger partial charge in [0.05, 0.1) is 20.6 Å². The van der Waals surface area contributed by atoms with Gasteiger partial charge in [0.25, 0.3) is 10.0 Å². The molecule has 10 heteroatoms. The fourth-order valence-electron chi connectivity index (χ4n) is 5.23. The molecule has 4 aromatic rings. The van der Waals surface area contributed by atoms with E-state index >= 15 is 0 Å². The molecule has 0 saturated carbocycles. The molecule has 0 bridgehead atoms. The summed E-state index contributed by atoms with van der Waals surface area (Å²) in [5.41, 5.74) is 4.32. The van der Waals surface area contributed by atoms with Gasteiger partial charge in [-0.25, -0.2) is 8.42 Å². The van der Waals surface area contributed by atoms with Crippen LogP contribution in [0, 0.1) is 20.8 Å². The molecule has 47 heavy (non-hydrogen) atoms. The summed E-state index contributed by atoms with van der Waals surface area (Å²) < 4.78 is 29.8. The first-order chi connectivity index (χ1) is 22.4. The van der Waals surface area contributed by atoms with Crippen LogP contribution in [0.15, 0.2) is 95.9 Å². The summed E-state index contributed by atoms with van der Waals surface area (Å²) in [4.78, 5) is 30.1. The number of nitrogens with one attached hydrogen (secondary N) is 1. The molecule has 0 radical (unpaired) electrons. The minimum Gasteiger partial charge on any atom is -0.354 e. The van der Waals surface area contributed by atoms with Gasteiger partial charge in [-0.2, -0.15) is 0 Å². The van der Waals surface area contributed by atoms with E-state index in [-0.39, 0.29) is 23.8 Å². The summed E-state index contributed by atoms with van der Waals surface area (Å²) in [6, 6.07) is 25.6. The van der Waals surface area contributed by atoms with E-state index in [1.54, 1.807) is 48.5 Å². The number of carbonyl (C=O) groups excluding carboxylic acids is 2. The van der Waals surface area contributed by atoms with Gasteiger partial charge in [-0.3, -0.25) is 13.9 Å². The average Bonchev–Trinajstić information content (AvgIpc) is 3.05. The van der Waals surface area contributed by atoms with Crippen molar-refractivity contribution in [2.75, 3.05) is 17.4 Å².